The van der Waals surface area contributed by atoms with Crippen molar-refractivity contribution < 1.29 is 4.79 Å². The van der Waals surface area contributed by atoms with Crippen molar-refractivity contribution in [2.75, 3.05) is 0 Å². The van der Waals surface area contributed by atoms with E-state index in [0.717, 1.165) is 18.3 Å². The van der Waals surface area contributed by atoms with Gasteiger partial charge in [-0.25, -0.2) is 0 Å². The van der Waals surface area contributed by atoms with Crippen LogP contribution in [0.5, 0.6) is 0 Å². The zero-order valence-electron chi connectivity index (χ0n) is 11.9. The number of carbonyl (C=O) groups excluding carboxylic acids is 1. The summed E-state index contributed by atoms with van der Waals surface area (Å²) in [6.07, 6.45) is 13.8. The van der Waals surface area contributed by atoms with Crippen LogP contribution in [0.15, 0.2) is 0 Å². The van der Waals surface area contributed by atoms with Gasteiger partial charge < -0.3 is 0 Å². The normalized spacial score (nSPS) is 48.9. The highest BCUT2D eigenvalue weighted by Gasteiger charge is 2.53. The number of ketones is 1. The van der Waals surface area contributed by atoms with Crippen LogP contribution in [0.3, 0.4) is 0 Å². The third-order valence-electron chi connectivity index (χ3n) is 7.21. The lowest BCUT2D eigenvalue weighted by atomic mass is 9.74. The predicted molar refractivity (Wildman–Crippen MR) is 80.4 cm³/mol. The molecule has 0 heterocycles. The molecule has 1 unspecified atom stereocenters. The Morgan fingerprint density at radius 1 is 1.00 bits per heavy atom. The van der Waals surface area contributed by atoms with Crippen LogP contribution >= 0.6 is 12.6 Å². The number of Topliss-reactive ketones (excluding diaryl/α,β-unsaturated/α-hetero) is 1. The maximum atomic E-state index is 12.8. The third-order valence-corrected chi connectivity index (χ3v) is 7.95. The fourth-order valence-corrected chi connectivity index (χ4v) is 6.43. The molecule has 0 N–H and O–H groups in total. The molecule has 4 rings (SSSR count). The number of fused-ring (bicyclic) bond motifs is 4. The summed E-state index contributed by atoms with van der Waals surface area (Å²) in [5, 5.41) is 0.349. The zero-order valence-corrected chi connectivity index (χ0v) is 12.8. The van der Waals surface area contributed by atoms with Gasteiger partial charge in [-0.3, -0.25) is 4.79 Å². The highest BCUT2D eigenvalue weighted by molar-refractivity contribution is 7.81. The van der Waals surface area contributed by atoms with E-state index in [2.05, 4.69) is 0 Å². The largest absolute Gasteiger partial charge is 0.299 e. The molecule has 1 atom stereocenters. The Morgan fingerprint density at radius 2 is 1.58 bits per heavy atom. The molecule has 0 aromatic carbocycles. The first kappa shape index (κ1) is 12.7. The minimum absolute atomic E-state index is 0.110. The van der Waals surface area contributed by atoms with E-state index in [9.17, 15) is 4.79 Å². The van der Waals surface area contributed by atoms with Crippen LogP contribution in [0.1, 0.15) is 70.6 Å². The van der Waals surface area contributed by atoms with Crippen molar-refractivity contribution in [3.05, 3.63) is 0 Å². The third kappa shape index (κ3) is 1.85. The maximum Gasteiger partial charge on any atom is 0.140 e. The smallest absolute Gasteiger partial charge is 0.140 e. The number of thiol groups is 1. The minimum atomic E-state index is 0.110. The summed E-state index contributed by atoms with van der Waals surface area (Å²) >= 11 is 4.92. The van der Waals surface area contributed by atoms with E-state index in [1.54, 1.807) is 0 Å². The van der Waals surface area contributed by atoms with Crippen molar-refractivity contribution in [1.82, 2.24) is 0 Å². The Morgan fingerprint density at radius 3 is 2.05 bits per heavy atom. The van der Waals surface area contributed by atoms with Gasteiger partial charge in [-0.15, -0.1) is 0 Å². The van der Waals surface area contributed by atoms with E-state index in [4.69, 9.17) is 12.6 Å². The van der Waals surface area contributed by atoms with Crippen molar-refractivity contribution in [3.8, 4) is 0 Å². The van der Waals surface area contributed by atoms with Crippen molar-refractivity contribution in [2.45, 2.75) is 75.9 Å². The van der Waals surface area contributed by atoms with Gasteiger partial charge in [0.1, 0.15) is 5.78 Å². The van der Waals surface area contributed by atoms with Crippen LogP contribution in [0.25, 0.3) is 0 Å². The summed E-state index contributed by atoms with van der Waals surface area (Å²) in [5.74, 6) is 2.42. The molecule has 1 nitrogen and oxygen atoms in total. The number of hydrogen-bond acceptors (Lipinski definition) is 2. The molecule has 19 heavy (non-hydrogen) atoms. The molecule has 0 amide bonds. The van der Waals surface area contributed by atoms with Crippen LogP contribution < -0.4 is 0 Å². The topological polar surface area (TPSA) is 17.1 Å². The number of hydrogen-bond donors (Lipinski definition) is 1. The molecule has 4 fully saturated rings. The second-order valence-corrected chi connectivity index (χ2v) is 8.70. The maximum absolute atomic E-state index is 12.8. The Bertz CT molecular complexity index is 386. The quantitative estimate of drug-likeness (QED) is 0.754. The standard InChI is InChI=1S/C17H26OS/c18-14(16-5-1-12(10-16)2-6-16)9-15(19)17-7-3-13(11-17)4-8-17/h12-13,15,19H,1-11H2. The van der Waals surface area contributed by atoms with Crippen LogP contribution in [-0.4, -0.2) is 11.0 Å². The average molecular weight is 278 g/mol. The molecule has 4 bridgehead atoms. The lowest BCUT2D eigenvalue weighted by molar-refractivity contribution is -0.128. The molecular weight excluding hydrogens is 252 g/mol. The molecule has 4 aliphatic rings. The molecule has 4 saturated carbocycles. The van der Waals surface area contributed by atoms with Crippen LogP contribution in [0.4, 0.5) is 0 Å². The van der Waals surface area contributed by atoms with Gasteiger partial charge in [-0.1, -0.05) is 0 Å². The molecule has 0 spiro atoms. The molecule has 2 heteroatoms. The molecule has 0 aromatic heterocycles. The Balaban J connectivity index is 1.45. The van der Waals surface area contributed by atoms with Gasteiger partial charge in [0.2, 0.25) is 0 Å². The van der Waals surface area contributed by atoms with E-state index < -0.39 is 0 Å². The second kappa shape index (κ2) is 4.26. The van der Waals surface area contributed by atoms with E-state index in [1.807, 2.05) is 0 Å². The van der Waals surface area contributed by atoms with Crippen LogP contribution in [0, 0.1) is 22.7 Å². The highest BCUT2D eigenvalue weighted by Crippen LogP contribution is 2.59. The minimum Gasteiger partial charge on any atom is -0.299 e. The summed E-state index contributed by atoms with van der Waals surface area (Å²) in [6, 6.07) is 0. The Kier molecular flexibility index (Phi) is 2.85. The summed E-state index contributed by atoms with van der Waals surface area (Å²) < 4.78 is 0. The average Bonchev–Trinajstić information content (AvgIpc) is 3.19. The first-order valence-electron chi connectivity index (χ1n) is 8.33. The molecule has 106 valence electrons. The van der Waals surface area contributed by atoms with Gasteiger partial charge in [0.25, 0.3) is 0 Å². The molecule has 0 aliphatic heterocycles. The lowest BCUT2D eigenvalue weighted by Gasteiger charge is -2.35. The lowest BCUT2D eigenvalue weighted by Crippen LogP contribution is -2.34. The van der Waals surface area contributed by atoms with Gasteiger partial charge in [0.15, 0.2) is 0 Å². The predicted octanol–water partition coefficient (Wildman–Crippen LogP) is 4.40. The summed E-state index contributed by atoms with van der Waals surface area (Å²) in [4.78, 5) is 12.8. The van der Waals surface area contributed by atoms with Crippen LogP contribution in [-0.2, 0) is 4.79 Å². The van der Waals surface area contributed by atoms with Crippen molar-refractivity contribution >= 4 is 18.4 Å². The number of rotatable bonds is 4. The van der Waals surface area contributed by atoms with Crippen molar-refractivity contribution in [2.24, 2.45) is 22.7 Å². The van der Waals surface area contributed by atoms with Gasteiger partial charge in [-0.2, -0.15) is 12.6 Å². The van der Waals surface area contributed by atoms with E-state index in [0.29, 0.717) is 16.4 Å². The van der Waals surface area contributed by atoms with Gasteiger partial charge in [0.05, 0.1) is 0 Å². The fraction of sp³-hybridized carbons (Fsp3) is 0.941. The molecule has 4 aliphatic carbocycles. The van der Waals surface area contributed by atoms with Gasteiger partial charge >= 0.3 is 0 Å². The van der Waals surface area contributed by atoms with Crippen LogP contribution in [0.2, 0.25) is 0 Å². The summed E-state index contributed by atoms with van der Waals surface area (Å²) in [5.41, 5.74) is 0.551. The summed E-state index contributed by atoms with van der Waals surface area (Å²) in [6.45, 7) is 0. The number of carbonyl (C=O) groups is 1. The monoisotopic (exact) mass is 278 g/mol. The SMILES string of the molecule is O=C(CC(S)C12CCC(CC1)C2)C12CCC(CC1)C2. The van der Waals surface area contributed by atoms with E-state index in [-0.39, 0.29) is 5.41 Å². The van der Waals surface area contributed by atoms with Crippen molar-refractivity contribution in [1.29, 1.82) is 0 Å². The molecule has 0 aromatic rings. The molecule has 0 saturated heterocycles. The van der Waals surface area contributed by atoms with E-state index in [1.165, 1.54) is 64.2 Å². The zero-order chi connectivity index (χ0) is 13.1. The van der Waals surface area contributed by atoms with E-state index >= 15 is 0 Å². The van der Waals surface area contributed by atoms with Gasteiger partial charge in [-0.05, 0) is 81.5 Å². The van der Waals surface area contributed by atoms with Gasteiger partial charge in [0, 0.05) is 17.1 Å². The Labute approximate surface area is 122 Å². The molecular formula is C17H26OS. The summed E-state index contributed by atoms with van der Waals surface area (Å²) in [7, 11) is 0. The first-order chi connectivity index (χ1) is 9.12. The second-order valence-electron chi connectivity index (χ2n) is 8.08. The first-order valence-corrected chi connectivity index (χ1v) is 8.85. The molecule has 0 radical (unpaired) electrons. The fourth-order valence-electron chi connectivity index (χ4n) is 5.90. The Hall–Kier alpha value is 0.0200. The van der Waals surface area contributed by atoms with Crippen molar-refractivity contribution in [3.63, 3.8) is 0 Å². The highest BCUT2D eigenvalue weighted by atomic mass is 32.1.